The second-order valence-electron chi connectivity index (χ2n) is 4.65. The van der Waals surface area contributed by atoms with Crippen molar-refractivity contribution >= 4 is 15.9 Å². The molecule has 0 bridgehead atoms. The second-order valence-corrected chi connectivity index (χ2v) is 5.43. The van der Waals surface area contributed by atoms with Crippen molar-refractivity contribution in [2.24, 2.45) is 17.6 Å². The molecule has 0 radical (unpaired) electrons. The van der Waals surface area contributed by atoms with Crippen LogP contribution in [0.25, 0.3) is 0 Å². The number of furan rings is 1. The Kier molecular flexibility index (Phi) is 3.42. The van der Waals surface area contributed by atoms with Gasteiger partial charge in [-0.15, -0.1) is 0 Å². The minimum Gasteiger partial charge on any atom is -0.453 e. The molecule has 16 heavy (non-hydrogen) atoms. The molecule has 0 spiro atoms. The van der Waals surface area contributed by atoms with E-state index in [1.165, 1.54) is 0 Å². The summed E-state index contributed by atoms with van der Waals surface area (Å²) in [6.45, 7) is 6.38. The van der Waals surface area contributed by atoms with Gasteiger partial charge in [-0.1, -0.05) is 6.92 Å². The summed E-state index contributed by atoms with van der Waals surface area (Å²) in [6, 6.07) is 3.71. The van der Waals surface area contributed by atoms with E-state index in [0.717, 1.165) is 10.4 Å². The Labute approximate surface area is 104 Å². The summed E-state index contributed by atoms with van der Waals surface area (Å²) in [5.41, 5.74) is 6.26. The molecule has 1 aromatic heterocycles. The van der Waals surface area contributed by atoms with Gasteiger partial charge < -0.3 is 14.9 Å². The molecule has 1 saturated heterocycles. The Morgan fingerprint density at radius 1 is 1.25 bits per heavy atom. The first-order chi connectivity index (χ1) is 7.50. The number of hydrogen-bond donors (Lipinski definition) is 1. The van der Waals surface area contributed by atoms with E-state index in [1.54, 1.807) is 0 Å². The molecule has 2 N–H and O–H groups in total. The summed E-state index contributed by atoms with van der Waals surface area (Å²) < 4.78 is 12.1. The predicted molar refractivity (Wildman–Crippen MR) is 66.0 cm³/mol. The van der Waals surface area contributed by atoms with Crippen molar-refractivity contribution < 1.29 is 9.15 Å². The molecule has 0 amide bonds. The molecule has 2 rings (SSSR count). The van der Waals surface area contributed by atoms with Crippen LogP contribution in [-0.2, 0) is 4.74 Å². The van der Waals surface area contributed by atoms with E-state index >= 15 is 0 Å². The standard InChI is InChI=1S/C12H18BrNO2/c1-6-7(2)15-8(3)11(6)12(14)9-4-5-10(13)16-9/h4-8,11-12H,14H2,1-3H3. The normalized spacial score (nSPS) is 36.6. The third kappa shape index (κ3) is 2.06. The van der Waals surface area contributed by atoms with E-state index < -0.39 is 0 Å². The van der Waals surface area contributed by atoms with E-state index in [4.69, 9.17) is 14.9 Å². The summed E-state index contributed by atoms with van der Waals surface area (Å²) in [5, 5.41) is 0. The lowest BCUT2D eigenvalue weighted by Crippen LogP contribution is -2.30. The van der Waals surface area contributed by atoms with E-state index in [0.29, 0.717) is 11.8 Å². The second kappa shape index (κ2) is 4.51. The Hall–Kier alpha value is -0.320. The zero-order valence-electron chi connectivity index (χ0n) is 9.81. The fourth-order valence-corrected chi connectivity index (χ4v) is 2.93. The molecular formula is C12H18BrNO2. The van der Waals surface area contributed by atoms with Crippen LogP contribution in [0.3, 0.4) is 0 Å². The van der Waals surface area contributed by atoms with E-state index in [9.17, 15) is 0 Å². The van der Waals surface area contributed by atoms with E-state index in [-0.39, 0.29) is 18.2 Å². The quantitative estimate of drug-likeness (QED) is 0.909. The highest BCUT2D eigenvalue weighted by molar-refractivity contribution is 9.10. The summed E-state index contributed by atoms with van der Waals surface area (Å²) in [6.07, 6.45) is 0.452. The lowest BCUT2D eigenvalue weighted by atomic mass is 9.83. The zero-order chi connectivity index (χ0) is 11.9. The van der Waals surface area contributed by atoms with Gasteiger partial charge in [0.2, 0.25) is 0 Å². The lowest BCUT2D eigenvalue weighted by molar-refractivity contribution is 0.0482. The van der Waals surface area contributed by atoms with E-state index in [2.05, 4.69) is 36.7 Å². The van der Waals surface area contributed by atoms with Crippen molar-refractivity contribution in [1.82, 2.24) is 0 Å². The summed E-state index contributed by atoms with van der Waals surface area (Å²) in [7, 11) is 0. The van der Waals surface area contributed by atoms with Crippen molar-refractivity contribution in [3.05, 3.63) is 22.6 Å². The van der Waals surface area contributed by atoms with Crippen LogP contribution in [0.1, 0.15) is 32.6 Å². The van der Waals surface area contributed by atoms with Crippen molar-refractivity contribution in [2.75, 3.05) is 0 Å². The number of halogens is 1. The van der Waals surface area contributed by atoms with Gasteiger partial charge >= 0.3 is 0 Å². The van der Waals surface area contributed by atoms with E-state index in [1.807, 2.05) is 12.1 Å². The number of rotatable bonds is 2. The lowest BCUT2D eigenvalue weighted by Gasteiger charge is -2.23. The fraction of sp³-hybridized carbons (Fsp3) is 0.667. The van der Waals surface area contributed by atoms with Crippen LogP contribution >= 0.6 is 15.9 Å². The molecule has 0 aliphatic carbocycles. The van der Waals surface area contributed by atoms with Crippen LogP contribution in [0, 0.1) is 11.8 Å². The van der Waals surface area contributed by atoms with Crippen molar-refractivity contribution in [2.45, 2.75) is 39.0 Å². The van der Waals surface area contributed by atoms with Gasteiger partial charge in [-0.25, -0.2) is 0 Å². The number of hydrogen-bond acceptors (Lipinski definition) is 3. The third-order valence-corrected chi connectivity index (χ3v) is 4.08. The predicted octanol–water partition coefficient (Wildman–Crippen LogP) is 3.10. The highest BCUT2D eigenvalue weighted by Gasteiger charge is 2.41. The van der Waals surface area contributed by atoms with Gasteiger partial charge in [0.05, 0.1) is 18.2 Å². The Bertz CT molecular complexity index is 366. The molecule has 1 aliphatic rings. The molecule has 1 fully saturated rings. The van der Waals surface area contributed by atoms with Crippen LogP contribution < -0.4 is 5.73 Å². The maximum Gasteiger partial charge on any atom is 0.169 e. The Morgan fingerprint density at radius 3 is 2.38 bits per heavy atom. The van der Waals surface area contributed by atoms with Crippen molar-refractivity contribution in [1.29, 1.82) is 0 Å². The number of ether oxygens (including phenoxy) is 1. The van der Waals surface area contributed by atoms with Gasteiger partial charge in [-0.05, 0) is 47.8 Å². The van der Waals surface area contributed by atoms with Crippen molar-refractivity contribution in [3.8, 4) is 0 Å². The molecule has 3 nitrogen and oxygen atoms in total. The molecule has 1 aromatic rings. The molecule has 0 aromatic carbocycles. The summed E-state index contributed by atoms with van der Waals surface area (Å²) >= 11 is 3.30. The highest BCUT2D eigenvalue weighted by atomic mass is 79.9. The van der Waals surface area contributed by atoms with Crippen LogP contribution in [-0.4, -0.2) is 12.2 Å². The van der Waals surface area contributed by atoms with Gasteiger partial charge in [0, 0.05) is 5.92 Å². The minimum atomic E-state index is -0.0961. The molecule has 1 aliphatic heterocycles. The van der Waals surface area contributed by atoms with Crippen LogP contribution in [0.5, 0.6) is 0 Å². The molecule has 5 unspecified atom stereocenters. The van der Waals surface area contributed by atoms with Crippen LogP contribution in [0.2, 0.25) is 0 Å². The van der Waals surface area contributed by atoms with Gasteiger partial charge in [-0.2, -0.15) is 0 Å². The Balaban J connectivity index is 2.18. The fourth-order valence-electron chi connectivity index (χ4n) is 2.61. The largest absolute Gasteiger partial charge is 0.453 e. The first kappa shape index (κ1) is 12.1. The first-order valence-corrected chi connectivity index (χ1v) is 6.46. The molecule has 2 heterocycles. The summed E-state index contributed by atoms with van der Waals surface area (Å²) in [4.78, 5) is 0. The smallest absolute Gasteiger partial charge is 0.169 e. The average Bonchev–Trinajstić information content (AvgIpc) is 2.73. The van der Waals surface area contributed by atoms with Crippen molar-refractivity contribution in [3.63, 3.8) is 0 Å². The van der Waals surface area contributed by atoms with Crippen LogP contribution in [0.15, 0.2) is 21.2 Å². The first-order valence-electron chi connectivity index (χ1n) is 5.67. The molecule has 90 valence electrons. The molecular weight excluding hydrogens is 270 g/mol. The maximum atomic E-state index is 6.26. The number of nitrogens with two attached hydrogens (primary N) is 1. The average molecular weight is 288 g/mol. The molecule has 5 atom stereocenters. The highest BCUT2D eigenvalue weighted by Crippen LogP contribution is 2.39. The SMILES string of the molecule is CC1OC(C)C(C(N)c2ccc(Br)o2)C1C. The van der Waals surface area contributed by atoms with Crippen LogP contribution in [0.4, 0.5) is 0 Å². The monoisotopic (exact) mass is 287 g/mol. The van der Waals surface area contributed by atoms with Gasteiger partial charge in [-0.3, -0.25) is 0 Å². The topological polar surface area (TPSA) is 48.4 Å². The molecule has 0 saturated carbocycles. The molecule has 4 heteroatoms. The van der Waals surface area contributed by atoms with Gasteiger partial charge in [0.1, 0.15) is 5.76 Å². The minimum absolute atomic E-state index is 0.0961. The van der Waals surface area contributed by atoms with Gasteiger partial charge in [0.15, 0.2) is 4.67 Å². The van der Waals surface area contributed by atoms with Gasteiger partial charge in [0.25, 0.3) is 0 Å². The zero-order valence-corrected chi connectivity index (χ0v) is 11.4. The third-order valence-electron chi connectivity index (χ3n) is 3.66. The summed E-state index contributed by atoms with van der Waals surface area (Å²) in [5.74, 6) is 1.59. The Morgan fingerprint density at radius 2 is 1.94 bits per heavy atom. The maximum absolute atomic E-state index is 6.26.